The summed E-state index contributed by atoms with van der Waals surface area (Å²) in [6, 6.07) is 6.26. The van der Waals surface area contributed by atoms with Gasteiger partial charge in [-0.3, -0.25) is 0 Å². The highest BCUT2D eigenvalue weighted by atomic mass is 19.1. The van der Waals surface area contributed by atoms with E-state index in [1.165, 1.54) is 12.1 Å². The van der Waals surface area contributed by atoms with E-state index in [4.69, 9.17) is 4.74 Å². The van der Waals surface area contributed by atoms with Crippen molar-refractivity contribution in [3.05, 3.63) is 30.1 Å². The van der Waals surface area contributed by atoms with Gasteiger partial charge in [-0.05, 0) is 59.7 Å². The van der Waals surface area contributed by atoms with Gasteiger partial charge in [0.2, 0.25) is 0 Å². The summed E-state index contributed by atoms with van der Waals surface area (Å²) in [4.78, 5) is 14.0. The lowest BCUT2D eigenvalue weighted by Crippen LogP contribution is -2.49. The summed E-state index contributed by atoms with van der Waals surface area (Å²) >= 11 is 0. The number of rotatable bonds is 4. The van der Waals surface area contributed by atoms with Crippen LogP contribution in [0.5, 0.6) is 0 Å². The first-order valence-corrected chi connectivity index (χ1v) is 7.49. The fourth-order valence-corrected chi connectivity index (χ4v) is 1.93. The van der Waals surface area contributed by atoms with Crippen molar-refractivity contribution in [3.8, 4) is 0 Å². The number of anilines is 1. The van der Waals surface area contributed by atoms with Crippen LogP contribution in [0.15, 0.2) is 24.3 Å². The van der Waals surface area contributed by atoms with Crippen LogP contribution in [0.2, 0.25) is 0 Å². The van der Waals surface area contributed by atoms with Crippen LogP contribution in [-0.4, -0.2) is 35.2 Å². The van der Waals surface area contributed by atoms with E-state index >= 15 is 0 Å². The molecule has 0 aliphatic rings. The zero-order chi connectivity index (χ0) is 17.0. The van der Waals surface area contributed by atoms with Crippen LogP contribution in [-0.2, 0) is 4.74 Å². The zero-order valence-corrected chi connectivity index (χ0v) is 14.4. The topological polar surface area (TPSA) is 41.6 Å². The number of carbonyl (C=O) groups excluding carboxylic acids is 1. The Labute approximate surface area is 132 Å². The number of benzene rings is 1. The molecule has 1 N–H and O–H groups in total. The van der Waals surface area contributed by atoms with E-state index in [2.05, 4.69) is 5.32 Å². The molecule has 0 atom stereocenters. The van der Waals surface area contributed by atoms with Gasteiger partial charge in [-0.2, -0.15) is 0 Å². The van der Waals surface area contributed by atoms with E-state index in [9.17, 15) is 9.18 Å². The van der Waals surface area contributed by atoms with Gasteiger partial charge < -0.3 is 15.0 Å². The van der Waals surface area contributed by atoms with Crippen molar-refractivity contribution < 1.29 is 13.9 Å². The molecule has 0 saturated heterocycles. The first kappa shape index (κ1) is 18.3. The van der Waals surface area contributed by atoms with Crippen molar-refractivity contribution in [2.45, 2.75) is 52.7 Å². The quantitative estimate of drug-likeness (QED) is 0.903. The lowest BCUT2D eigenvalue weighted by Gasteiger charge is -2.37. The first-order chi connectivity index (χ1) is 9.99. The summed E-state index contributed by atoms with van der Waals surface area (Å²) in [5.41, 5.74) is -0.194. The molecule has 124 valence electrons. The van der Waals surface area contributed by atoms with Gasteiger partial charge in [0.25, 0.3) is 0 Å². The van der Waals surface area contributed by atoms with Gasteiger partial charge in [-0.15, -0.1) is 0 Å². The predicted molar refractivity (Wildman–Crippen MR) is 87.6 cm³/mol. The second kappa shape index (κ2) is 6.99. The monoisotopic (exact) mass is 310 g/mol. The SMILES string of the molecule is CC(C)(C)OC(=O)N(CCNc1cccc(F)c1)C(C)(C)C. The van der Waals surface area contributed by atoms with Crippen LogP contribution < -0.4 is 5.32 Å². The van der Waals surface area contributed by atoms with Gasteiger partial charge in [0.1, 0.15) is 11.4 Å². The van der Waals surface area contributed by atoms with E-state index in [-0.39, 0.29) is 17.4 Å². The molecular formula is C17H27FN2O2. The maximum absolute atomic E-state index is 13.1. The van der Waals surface area contributed by atoms with Crippen LogP contribution in [0.3, 0.4) is 0 Å². The normalized spacial score (nSPS) is 12.0. The van der Waals surface area contributed by atoms with Crippen molar-refractivity contribution in [3.63, 3.8) is 0 Å². The molecule has 1 rings (SSSR count). The summed E-state index contributed by atoms with van der Waals surface area (Å²) < 4.78 is 18.6. The minimum atomic E-state index is -0.531. The van der Waals surface area contributed by atoms with Crippen molar-refractivity contribution >= 4 is 11.8 Å². The third-order valence-electron chi connectivity index (χ3n) is 2.91. The van der Waals surface area contributed by atoms with Crippen LogP contribution in [0.25, 0.3) is 0 Å². The summed E-state index contributed by atoms with van der Waals surface area (Å²) in [5.74, 6) is -0.287. The molecule has 1 aromatic carbocycles. The number of ether oxygens (including phenoxy) is 1. The minimum Gasteiger partial charge on any atom is -0.444 e. The highest BCUT2D eigenvalue weighted by molar-refractivity contribution is 5.69. The van der Waals surface area contributed by atoms with E-state index in [0.717, 1.165) is 0 Å². The van der Waals surface area contributed by atoms with Crippen LogP contribution >= 0.6 is 0 Å². The zero-order valence-electron chi connectivity index (χ0n) is 14.4. The van der Waals surface area contributed by atoms with E-state index in [1.807, 2.05) is 41.5 Å². The molecule has 1 aromatic rings. The predicted octanol–water partition coefficient (Wildman–Crippen LogP) is 4.27. The molecule has 0 saturated carbocycles. The van der Waals surface area contributed by atoms with Gasteiger partial charge in [0, 0.05) is 24.3 Å². The first-order valence-electron chi connectivity index (χ1n) is 7.49. The fourth-order valence-electron chi connectivity index (χ4n) is 1.93. The van der Waals surface area contributed by atoms with Gasteiger partial charge >= 0.3 is 6.09 Å². The van der Waals surface area contributed by atoms with E-state index in [1.54, 1.807) is 17.0 Å². The summed E-state index contributed by atoms with van der Waals surface area (Å²) in [5, 5.41) is 3.12. The second-order valence-electron chi connectivity index (χ2n) is 7.24. The number of hydrogen-bond acceptors (Lipinski definition) is 3. The summed E-state index contributed by atoms with van der Waals surface area (Å²) in [7, 11) is 0. The maximum atomic E-state index is 13.1. The third kappa shape index (κ3) is 6.33. The van der Waals surface area contributed by atoms with E-state index in [0.29, 0.717) is 18.8 Å². The van der Waals surface area contributed by atoms with Crippen molar-refractivity contribution in [2.75, 3.05) is 18.4 Å². The smallest absolute Gasteiger partial charge is 0.410 e. The molecule has 5 heteroatoms. The number of nitrogens with zero attached hydrogens (tertiary/aromatic N) is 1. The molecule has 0 aliphatic heterocycles. The van der Waals surface area contributed by atoms with Gasteiger partial charge in [-0.25, -0.2) is 9.18 Å². The minimum absolute atomic E-state index is 0.287. The lowest BCUT2D eigenvalue weighted by atomic mass is 10.1. The lowest BCUT2D eigenvalue weighted by molar-refractivity contribution is 0.00749. The van der Waals surface area contributed by atoms with Gasteiger partial charge in [0.05, 0.1) is 0 Å². The molecule has 4 nitrogen and oxygen atoms in total. The molecule has 0 spiro atoms. The maximum Gasteiger partial charge on any atom is 0.410 e. The van der Waals surface area contributed by atoms with Crippen molar-refractivity contribution in [1.82, 2.24) is 4.90 Å². The van der Waals surface area contributed by atoms with Crippen molar-refractivity contribution in [2.24, 2.45) is 0 Å². The molecule has 22 heavy (non-hydrogen) atoms. The Hall–Kier alpha value is -1.78. The molecule has 0 unspecified atom stereocenters. The molecular weight excluding hydrogens is 283 g/mol. The Kier molecular flexibility index (Phi) is 5.80. The Balaban J connectivity index is 2.65. The van der Waals surface area contributed by atoms with Gasteiger partial charge in [-0.1, -0.05) is 6.07 Å². The molecule has 1 amide bonds. The number of halogens is 1. The standard InChI is InChI=1S/C17H27FN2O2/c1-16(2,3)20(15(21)22-17(4,5)6)11-10-19-14-9-7-8-13(18)12-14/h7-9,12,19H,10-11H2,1-6H3. The fraction of sp³-hybridized carbons (Fsp3) is 0.588. The molecule has 0 heterocycles. The van der Waals surface area contributed by atoms with Gasteiger partial charge in [0.15, 0.2) is 0 Å². The molecule has 0 aliphatic carbocycles. The Morgan fingerprint density at radius 3 is 2.36 bits per heavy atom. The molecule has 0 aromatic heterocycles. The average molecular weight is 310 g/mol. The van der Waals surface area contributed by atoms with E-state index < -0.39 is 5.60 Å². The number of carbonyl (C=O) groups is 1. The highest BCUT2D eigenvalue weighted by Crippen LogP contribution is 2.18. The van der Waals surface area contributed by atoms with Crippen LogP contribution in [0, 0.1) is 5.82 Å². The molecule has 0 fully saturated rings. The summed E-state index contributed by atoms with van der Waals surface area (Å²) in [6.07, 6.45) is -0.346. The molecule has 0 radical (unpaired) electrons. The average Bonchev–Trinajstić information content (AvgIpc) is 2.30. The number of amides is 1. The largest absolute Gasteiger partial charge is 0.444 e. The Morgan fingerprint density at radius 1 is 1.23 bits per heavy atom. The van der Waals surface area contributed by atoms with Crippen molar-refractivity contribution in [1.29, 1.82) is 0 Å². The third-order valence-corrected chi connectivity index (χ3v) is 2.91. The Morgan fingerprint density at radius 2 is 1.86 bits per heavy atom. The van der Waals surface area contributed by atoms with Crippen LogP contribution in [0.1, 0.15) is 41.5 Å². The number of hydrogen-bond donors (Lipinski definition) is 1. The van der Waals surface area contributed by atoms with Crippen LogP contribution in [0.4, 0.5) is 14.9 Å². The number of nitrogens with one attached hydrogen (secondary N) is 1. The highest BCUT2D eigenvalue weighted by Gasteiger charge is 2.30. The Bertz CT molecular complexity index is 504. The second-order valence-corrected chi connectivity index (χ2v) is 7.24. The summed E-state index contributed by atoms with van der Waals surface area (Å²) in [6.45, 7) is 12.4. The molecule has 0 bridgehead atoms.